The Kier molecular flexibility index (Phi) is 6.70. The standard InChI is InChI=1S/C13H18ClNO2/c1-2-6-15(7-9-16)8-10-17-13-5-3-4-12(14)11-13/h2-5,11,16H,1,6-10H2. The highest BCUT2D eigenvalue weighted by molar-refractivity contribution is 6.30. The van der Waals surface area contributed by atoms with Gasteiger partial charge in [0.1, 0.15) is 12.4 Å². The van der Waals surface area contributed by atoms with Crippen LogP contribution in [0.5, 0.6) is 5.75 Å². The molecule has 1 aromatic rings. The summed E-state index contributed by atoms with van der Waals surface area (Å²) in [7, 11) is 0. The largest absolute Gasteiger partial charge is 0.492 e. The zero-order valence-corrected chi connectivity index (χ0v) is 10.6. The van der Waals surface area contributed by atoms with Gasteiger partial charge in [-0.2, -0.15) is 0 Å². The Balaban J connectivity index is 2.32. The Morgan fingerprint density at radius 1 is 1.41 bits per heavy atom. The summed E-state index contributed by atoms with van der Waals surface area (Å²) in [6.07, 6.45) is 1.81. The molecule has 0 spiro atoms. The zero-order chi connectivity index (χ0) is 12.5. The number of benzene rings is 1. The minimum atomic E-state index is 0.144. The fraction of sp³-hybridized carbons (Fsp3) is 0.385. The Labute approximate surface area is 107 Å². The van der Waals surface area contributed by atoms with Crippen LogP contribution in [0.15, 0.2) is 36.9 Å². The first kappa shape index (κ1) is 14.0. The summed E-state index contributed by atoms with van der Waals surface area (Å²) in [5.74, 6) is 0.764. The normalized spacial score (nSPS) is 10.5. The molecular weight excluding hydrogens is 238 g/mol. The van der Waals surface area contributed by atoms with Gasteiger partial charge in [0.25, 0.3) is 0 Å². The smallest absolute Gasteiger partial charge is 0.120 e. The van der Waals surface area contributed by atoms with Gasteiger partial charge in [0.05, 0.1) is 6.61 Å². The van der Waals surface area contributed by atoms with Crippen LogP contribution < -0.4 is 4.74 Å². The molecular formula is C13H18ClNO2. The van der Waals surface area contributed by atoms with Crippen LogP contribution >= 0.6 is 11.6 Å². The topological polar surface area (TPSA) is 32.7 Å². The van der Waals surface area contributed by atoms with E-state index < -0.39 is 0 Å². The van der Waals surface area contributed by atoms with E-state index in [2.05, 4.69) is 11.5 Å². The number of halogens is 1. The van der Waals surface area contributed by atoms with Gasteiger partial charge in [-0.05, 0) is 18.2 Å². The number of aliphatic hydroxyl groups is 1. The molecule has 0 saturated carbocycles. The van der Waals surface area contributed by atoms with Crippen LogP contribution in [0.1, 0.15) is 0 Å². The molecule has 0 atom stereocenters. The second-order valence-corrected chi connectivity index (χ2v) is 4.06. The summed E-state index contributed by atoms with van der Waals surface area (Å²) in [4.78, 5) is 2.07. The van der Waals surface area contributed by atoms with Gasteiger partial charge in [0.2, 0.25) is 0 Å². The van der Waals surface area contributed by atoms with Gasteiger partial charge >= 0.3 is 0 Å². The molecule has 0 heterocycles. The summed E-state index contributed by atoms with van der Waals surface area (Å²) < 4.78 is 5.57. The van der Waals surface area contributed by atoms with E-state index in [1.807, 2.05) is 24.3 Å². The monoisotopic (exact) mass is 255 g/mol. The molecule has 94 valence electrons. The van der Waals surface area contributed by atoms with Crippen LogP contribution in [0.2, 0.25) is 5.02 Å². The number of nitrogens with zero attached hydrogens (tertiary/aromatic N) is 1. The number of ether oxygens (including phenoxy) is 1. The van der Waals surface area contributed by atoms with E-state index in [0.717, 1.165) is 18.8 Å². The van der Waals surface area contributed by atoms with E-state index in [4.69, 9.17) is 21.4 Å². The van der Waals surface area contributed by atoms with Crippen molar-refractivity contribution in [3.63, 3.8) is 0 Å². The first-order valence-corrected chi connectivity index (χ1v) is 5.96. The van der Waals surface area contributed by atoms with E-state index in [1.165, 1.54) is 0 Å². The molecule has 0 amide bonds. The molecule has 0 fully saturated rings. The molecule has 4 heteroatoms. The maximum absolute atomic E-state index is 8.88. The summed E-state index contributed by atoms with van der Waals surface area (Å²) in [6.45, 7) is 6.51. The molecule has 1 aromatic carbocycles. The van der Waals surface area contributed by atoms with Crippen molar-refractivity contribution < 1.29 is 9.84 Å². The Morgan fingerprint density at radius 3 is 2.88 bits per heavy atom. The molecule has 0 aliphatic carbocycles. The molecule has 0 aliphatic rings. The van der Waals surface area contributed by atoms with E-state index in [9.17, 15) is 0 Å². The van der Waals surface area contributed by atoms with Crippen LogP contribution in [-0.4, -0.2) is 42.9 Å². The van der Waals surface area contributed by atoms with Crippen molar-refractivity contribution in [3.8, 4) is 5.75 Å². The predicted molar refractivity (Wildman–Crippen MR) is 70.7 cm³/mol. The lowest BCUT2D eigenvalue weighted by atomic mass is 10.3. The highest BCUT2D eigenvalue weighted by Gasteiger charge is 2.02. The lowest BCUT2D eigenvalue weighted by Crippen LogP contribution is -2.31. The maximum atomic E-state index is 8.88. The van der Waals surface area contributed by atoms with Crippen LogP contribution in [0.3, 0.4) is 0 Å². The van der Waals surface area contributed by atoms with Crippen LogP contribution in [-0.2, 0) is 0 Å². The van der Waals surface area contributed by atoms with Gasteiger partial charge in [-0.1, -0.05) is 23.7 Å². The fourth-order valence-electron chi connectivity index (χ4n) is 1.47. The molecule has 0 bridgehead atoms. The summed E-state index contributed by atoms with van der Waals surface area (Å²) in [5, 5.41) is 9.55. The minimum Gasteiger partial charge on any atom is -0.492 e. The summed E-state index contributed by atoms with van der Waals surface area (Å²) >= 11 is 5.85. The summed E-state index contributed by atoms with van der Waals surface area (Å²) in [5.41, 5.74) is 0. The molecule has 0 radical (unpaired) electrons. The van der Waals surface area contributed by atoms with E-state index in [-0.39, 0.29) is 6.61 Å². The number of rotatable bonds is 8. The molecule has 1 N–H and O–H groups in total. The van der Waals surface area contributed by atoms with Crippen molar-refractivity contribution in [2.75, 3.05) is 32.8 Å². The van der Waals surface area contributed by atoms with Crippen LogP contribution in [0.4, 0.5) is 0 Å². The number of aliphatic hydroxyl groups excluding tert-OH is 1. The maximum Gasteiger partial charge on any atom is 0.120 e. The Bertz CT molecular complexity index is 344. The van der Waals surface area contributed by atoms with Crippen molar-refractivity contribution in [1.29, 1.82) is 0 Å². The third kappa shape index (κ3) is 5.73. The fourth-order valence-corrected chi connectivity index (χ4v) is 1.65. The Hall–Kier alpha value is -1.03. The summed E-state index contributed by atoms with van der Waals surface area (Å²) in [6, 6.07) is 7.32. The quantitative estimate of drug-likeness (QED) is 0.723. The highest BCUT2D eigenvalue weighted by atomic mass is 35.5. The molecule has 3 nitrogen and oxygen atoms in total. The third-order valence-corrected chi connectivity index (χ3v) is 2.51. The number of hydrogen-bond acceptors (Lipinski definition) is 3. The predicted octanol–water partition coefficient (Wildman–Crippen LogP) is 2.20. The van der Waals surface area contributed by atoms with E-state index in [1.54, 1.807) is 6.07 Å². The van der Waals surface area contributed by atoms with Crippen molar-refractivity contribution in [1.82, 2.24) is 4.90 Å². The van der Waals surface area contributed by atoms with E-state index in [0.29, 0.717) is 18.2 Å². The average molecular weight is 256 g/mol. The van der Waals surface area contributed by atoms with Gasteiger partial charge in [-0.3, -0.25) is 4.90 Å². The lowest BCUT2D eigenvalue weighted by Gasteiger charge is -2.19. The minimum absolute atomic E-state index is 0.144. The second kappa shape index (κ2) is 8.12. The van der Waals surface area contributed by atoms with Gasteiger partial charge in [-0.25, -0.2) is 0 Å². The van der Waals surface area contributed by atoms with Gasteiger partial charge < -0.3 is 9.84 Å². The van der Waals surface area contributed by atoms with Crippen LogP contribution in [0, 0.1) is 0 Å². The second-order valence-electron chi connectivity index (χ2n) is 3.62. The van der Waals surface area contributed by atoms with Crippen molar-refractivity contribution in [3.05, 3.63) is 41.9 Å². The molecule has 0 saturated heterocycles. The average Bonchev–Trinajstić information content (AvgIpc) is 2.30. The molecule has 0 unspecified atom stereocenters. The van der Waals surface area contributed by atoms with Gasteiger partial charge in [0, 0.05) is 24.7 Å². The third-order valence-electron chi connectivity index (χ3n) is 2.28. The molecule has 0 aliphatic heterocycles. The highest BCUT2D eigenvalue weighted by Crippen LogP contribution is 2.16. The first-order valence-electron chi connectivity index (χ1n) is 5.58. The zero-order valence-electron chi connectivity index (χ0n) is 9.81. The Morgan fingerprint density at radius 2 is 2.24 bits per heavy atom. The van der Waals surface area contributed by atoms with Crippen molar-refractivity contribution >= 4 is 11.6 Å². The number of hydrogen-bond donors (Lipinski definition) is 1. The SMILES string of the molecule is C=CCN(CCO)CCOc1cccc(Cl)c1. The van der Waals surface area contributed by atoms with Crippen LogP contribution in [0.25, 0.3) is 0 Å². The molecule has 1 rings (SSSR count). The lowest BCUT2D eigenvalue weighted by molar-refractivity contribution is 0.180. The van der Waals surface area contributed by atoms with Crippen molar-refractivity contribution in [2.24, 2.45) is 0 Å². The van der Waals surface area contributed by atoms with Gasteiger partial charge in [0.15, 0.2) is 0 Å². The molecule has 17 heavy (non-hydrogen) atoms. The molecule has 0 aromatic heterocycles. The first-order chi connectivity index (χ1) is 8.26. The van der Waals surface area contributed by atoms with Crippen molar-refractivity contribution in [2.45, 2.75) is 0 Å². The van der Waals surface area contributed by atoms with Gasteiger partial charge in [-0.15, -0.1) is 6.58 Å². The van der Waals surface area contributed by atoms with E-state index >= 15 is 0 Å².